The number of carbonyl (C=O) groups is 1. The molecule has 102 valence electrons. The molecule has 1 aromatic rings. The van der Waals surface area contributed by atoms with Gasteiger partial charge in [0, 0.05) is 19.5 Å². The molecule has 0 amide bonds. The van der Waals surface area contributed by atoms with Gasteiger partial charge in [0.1, 0.15) is 5.69 Å². The molecule has 0 fully saturated rings. The first kappa shape index (κ1) is 15.2. The van der Waals surface area contributed by atoms with Crippen molar-refractivity contribution in [2.45, 2.75) is 33.6 Å². The number of anilines is 1. The van der Waals surface area contributed by atoms with Crippen LogP contribution in [0.25, 0.3) is 0 Å². The second-order valence-corrected chi connectivity index (χ2v) is 4.93. The maximum Gasteiger partial charge on any atom is 0.180 e. The lowest BCUT2D eigenvalue weighted by Gasteiger charge is -2.25. The van der Waals surface area contributed by atoms with Crippen molar-refractivity contribution in [3.05, 3.63) is 24.0 Å². The minimum absolute atomic E-state index is 0.0546. The summed E-state index contributed by atoms with van der Waals surface area (Å²) in [6.07, 6.45) is 2.68. The van der Waals surface area contributed by atoms with E-state index in [-0.39, 0.29) is 5.78 Å². The van der Waals surface area contributed by atoms with E-state index in [1.54, 1.807) is 12.3 Å². The van der Waals surface area contributed by atoms with Crippen molar-refractivity contribution in [1.82, 2.24) is 4.98 Å². The zero-order chi connectivity index (χ0) is 14.3. The molecule has 1 heterocycles. The van der Waals surface area contributed by atoms with Crippen LogP contribution >= 0.6 is 0 Å². The summed E-state index contributed by atoms with van der Waals surface area (Å²) in [6, 6.07) is 5.84. The fourth-order valence-electron chi connectivity index (χ4n) is 1.87. The van der Waals surface area contributed by atoms with Crippen LogP contribution in [-0.4, -0.2) is 23.9 Å². The molecule has 0 unspecified atom stereocenters. The minimum Gasteiger partial charge on any atom is -0.369 e. The Morgan fingerprint density at radius 3 is 2.68 bits per heavy atom. The van der Waals surface area contributed by atoms with E-state index in [1.807, 2.05) is 13.0 Å². The lowest BCUT2D eigenvalue weighted by atomic mass is 10.1. The molecule has 0 saturated heterocycles. The van der Waals surface area contributed by atoms with Crippen molar-refractivity contribution in [1.29, 1.82) is 5.26 Å². The number of hydrogen-bond acceptors (Lipinski definition) is 4. The summed E-state index contributed by atoms with van der Waals surface area (Å²) in [5, 5.41) is 8.71. The van der Waals surface area contributed by atoms with E-state index in [1.165, 1.54) is 0 Å². The van der Waals surface area contributed by atoms with E-state index in [0.717, 1.165) is 12.2 Å². The SMILES string of the molecule is CCC(=O)c1ccc(N(CCC#N)CC(C)C)cn1. The Morgan fingerprint density at radius 1 is 1.47 bits per heavy atom. The molecular formula is C15H21N3O. The van der Waals surface area contributed by atoms with E-state index in [9.17, 15) is 4.79 Å². The molecule has 0 aliphatic carbocycles. The Hall–Kier alpha value is -1.89. The Kier molecular flexibility index (Phi) is 6.01. The summed E-state index contributed by atoms with van der Waals surface area (Å²) in [6.45, 7) is 7.68. The van der Waals surface area contributed by atoms with Crippen LogP contribution in [0.1, 0.15) is 44.1 Å². The first-order valence-electron chi connectivity index (χ1n) is 6.69. The Morgan fingerprint density at radius 2 is 2.21 bits per heavy atom. The second kappa shape index (κ2) is 7.52. The number of carbonyl (C=O) groups excluding carboxylic acids is 1. The van der Waals surface area contributed by atoms with Gasteiger partial charge in [-0.1, -0.05) is 20.8 Å². The van der Waals surface area contributed by atoms with E-state index < -0.39 is 0 Å². The third-order valence-corrected chi connectivity index (χ3v) is 2.80. The summed E-state index contributed by atoms with van der Waals surface area (Å²) in [5.41, 5.74) is 1.48. The van der Waals surface area contributed by atoms with Crippen LogP contribution in [0.15, 0.2) is 18.3 Å². The minimum atomic E-state index is 0.0546. The lowest BCUT2D eigenvalue weighted by Crippen LogP contribution is -2.28. The zero-order valence-corrected chi connectivity index (χ0v) is 11.9. The van der Waals surface area contributed by atoms with Crippen LogP contribution in [0.2, 0.25) is 0 Å². The molecule has 0 aromatic carbocycles. The van der Waals surface area contributed by atoms with Crippen LogP contribution < -0.4 is 4.90 Å². The fraction of sp³-hybridized carbons (Fsp3) is 0.533. The van der Waals surface area contributed by atoms with Gasteiger partial charge in [0.25, 0.3) is 0 Å². The van der Waals surface area contributed by atoms with Crippen LogP contribution in [-0.2, 0) is 0 Å². The molecule has 1 aromatic heterocycles. The highest BCUT2D eigenvalue weighted by Crippen LogP contribution is 2.16. The molecule has 0 aliphatic heterocycles. The quantitative estimate of drug-likeness (QED) is 0.706. The highest BCUT2D eigenvalue weighted by Gasteiger charge is 2.10. The number of aromatic nitrogens is 1. The second-order valence-electron chi connectivity index (χ2n) is 4.93. The lowest BCUT2D eigenvalue weighted by molar-refractivity contribution is 0.0983. The van der Waals surface area contributed by atoms with E-state index in [4.69, 9.17) is 5.26 Å². The predicted octanol–water partition coefficient (Wildman–Crippen LogP) is 3.05. The Labute approximate surface area is 115 Å². The number of nitrogens with zero attached hydrogens (tertiary/aromatic N) is 3. The molecule has 4 nitrogen and oxygen atoms in total. The average Bonchev–Trinajstić information content (AvgIpc) is 2.42. The van der Waals surface area contributed by atoms with Gasteiger partial charge in [-0.2, -0.15) is 5.26 Å². The van der Waals surface area contributed by atoms with Gasteiger partial charge in [-0.3, -0.25) is 9.78 Å². The molecular weight excluding hydrogens is 238 g/mol. The molecule has 0 N–H and O–H groups in total. The van der Waals surface area contributed by atoms with E-state index >= 15 is 0 Å². The van der Waals surface area contributed by atoms with Gasteiger partial charge in [0.15, 0.2) is 5.78 Å². The van der Waals surface area contributed by atoms with Gasteiger partial charge < -0.3 is 4.90 Å². The average molecular weight is 259 g/mol. The normalized spacial score (nSPS) is 10.3. The first-order valence-corrected chi connectivity index (χ1v) is 6.69. The van der Waals surface area contributed by atoms with E-state index in [2.05, 4.69) is 29.8 Å². The molecule has 0 saturated carbocycles. The maximum absolute atomic E-state index is 11.5. The van der Waals surface area contributed by atoms with Crippen molar-refractivity contribution in [2.24, 2.45) is 5.92 Å². The van der Waals surface area contributed by atoms with Crippen LogP contribution in [0.4, 0.5) is 5.69 Å². The molecule has 0 atom stereocenters. The molecule has 0 spiro atoms. The van der Waals surface area contributed by atoms with Crippen LogP contribution in [0.3, 0.4) is 0 Å². The molecule has 0 bridgehead atoms. The molecule has 4 heteroatoms. The largest absolute Gasteiger partial charge is 0.369 e. The summed E-state index contributed by atoms with van der Waals surface area (Å²) in [7, 11) is 0. The van der Waals surface area contributed by atoms with Crippen LogP contribution in [0, 0.1) is 17.2 Å². The van der Waals surface area contributed by atoms with Crippen molar-refractivity contribution in [3.63, 3.8) is 0 Å². The van der Waals surface area contributed by atoms with Gasteiger partial charge in [-0.15, -0.1) is 0 Å². The summed E-state index contributed by atoms with van der Waals surface area (Å²) >= 11 is 0. The Bertz CT molecular complexity index is 445. The number of rotatable bonds is 7. The number of nitriles is 1. The van der Waals surface area contributed by atoms with Crippen molar-refractivity contribution in [3.8, 4) is 6.07 Å². The highest BCUT2D eigenvalue weighted by atomic mass is 16.1. The molecule has 19 heavy (non-hydrogen) atoms. The van der Waals surface area contributed by atoms with E-state index in [0.29, 0.717) is 31.0 Å². The topological polar surface area (TPSA) is 57.0 Å². The van der Waals surface area contributed by atoms with Crippen LogP contribution in [0.5, 0.6) is 0 Å². The zero-order valence-electron chi connectivity index (χ0n) is 11.9. The summed E-state index contributed by atoms with van der Waals surface area (Å²) in [5.74, 6) is 0.564. The highest BCUT2D eigenvalue weighted by molar-refractivity contribution is 5.94. The number of ketones is 1. The number of pyridine rings is 1. The van der Waals surface area contributed by atoms with Crippen molar-refractivity contribution in [2.75, 3.05) is 18.0 Å². The standard InChI is InChI=1S/C15H21N3O/c1-4-15(19)14-7-6-13(10-17-14)18(9-5-8-16)11-12(2)3/h6-7,10,12H,4-5,9,11H2,1-3H3. The first-order chi connectivity index (χ1) is 9.08. The maximum atomic E-state index is 11.5. The number of Topliss-reactive ketones (excluding diaryl/α,β-unsaturated/α-hetero) is 1. The predicted molar refractivity (Wildman–Crippen MR) is 76.1 cm³/mol. The van der Waals surface area contributed by atoms with Gasteiger partial charge in [-0.25, -0.2) is 0 Å². The van der Waals surface area contributed by atoms with Crippen molar-refractivity contribution >= 4 is 11.5 Å². The van der Waals surface area contributed by atoms with Gasteiger partial charge in [-0.05, 0) is 18.1 Å². The van der Waals surface area contributed by atoms with Gasteiger partial charge in [0.05, 0.1) is 24.4 Å². The Balaban J connectivity index is 2.84. The monoisotopic (exact) mass is 259 g/mol. The molecule has 0 aliphatic rings. The fourth-order valence-corrected chi connectivity index (χ4v) is 1.87. The third-order valence-electron chi connectivity index (χ3n) is 2.80. The molecule has 0 radical (unpaired) electrons. The molecule has 1 rings (SSSR count). The summed E-state index contributed by atoms with van der Waals surface area (Å²) < 4.78 is 0. The smallest absolute Gasteiger partial charge is 0.180 e. The van der Waals surface area contributed by atoms with Gasteiger partial charge >= 0.3 is 0 Å². The van der Waals surface area contributed by atoms with Crippen molar-refractivity contribution < 1.29 is 4.79 Å². The summed E-state index contributed by atoms with van der Waals surface area (Å²) in [4.78, 5) is 17.9. The van der Waals surface area contributed by atoms with Gasteiger partial charge in [0.2, 0.25) is 0 Å². The third kappa shape index (κ3) is 4.70. The number of hydrogen-bond donors (Lipinski definition) is 0.